The number of nitrogens with zero attached hydrogens (tertiary/aromatic N) is 4. The maximum atomic E-state index is 11.4. The third kappa shape index (κ3) is 4.17. The summed E-state index contributed by atoms with van der Waals surface area (Å²) in [5, 5.41) is 14.5. The van der Waals surface area contributed by atoms with E-state index in [0.717, 1.165) is 18.0 Å². The normalized spacial score (nSPS) is 23.0. The van der Waals surface area contributed by atoms with Crippen LogP contribution in [0.1, 0.15) is 42.5 Å². The van der Waals surface area contributed by atoms with Gasteiger partial charge in [-0.05, 0) is 62.7 Å². The smallest absolute Gasteiger partial charge is 0.332 e. The summed E-state index contributed by atoms with van der Waals surface area (Å²) < 4.78 is 5.33. The number of hydrogen-bond donors (Lipinski definition) is 1. The van der Waals surface area contributed by atoms with Gasteiger partial charge in [0.1, 0.15) is 5.69 Å². The summed E-state index contributed by atoms with van der Waals surface area (Å²) in [5.74, 6) is 1.61. The Hall–Kier alpha value is -2.74. The average molecular weight is 397 g/mol. The Morgan fingerprint density at radius 1 is 1.24 bits per heavy atom. The predicted octanol–water partition coefficient (Wildman–Crippen LogP) is 3.51. The number of benzene rings is 1. The van der Waals surface area contributed by atoms with Gasteiger partial charge in [-0.3, -0.25) is 10.1 Å². The Balaban J connectivity index is 1.47. The molecule has 1 aromatic carbocycles. The van der Waals surface area contributed by atoms with Crippen molar-refractivity contribution in [3.63, 3.8) is 0 Å². The Morgan fingerprint density at radius 2 is 1.97 bits per heavy atom. The fourth-order valence-corrected chi connectivity index (χ4v) is 4.49. The van der Waals surface area contributed by atoms with Gasteiger partial charge in [0.25, 0.3) is 0 Å². The molecular formula is C21H27N5O3. The topological polar surface area (TPSA) is 93.4 Å². The van der Waals surface area contributed by atoms with E-state index in [1.807, 2.05) is 6.92 Å². The van der Waals surface area contributed by atoms with Gasteiger partial charge in [-0.15, -0.1) is 0 Å². The Bertz CT molecular complexity index is 879. The summed E-state index contributed by atoms with van der Waals surface area (Å²) in [6.45, 7) is 7.91. The highest BCUT2D eigenvalue weighted by molar-refractivity contribution is 5.59. The molecule has 154 valence electrons. The van der Waals surface area contributed by atoms with Crippen LogP contribution < -0.4 is 10.1 Å². The molecule has 0 spiro atoms. The lowest BCUT2D eigenvalue weighted by atomic mass is 9.75. The number of aryl methyl sites for hydroxylation is 1. The van der Waals surface area contributed by atoms with Gasteiger partial charge in [0.2, 0.25) is 5.82 Å². The molecule has 3 fully saturated rings. The molecule has 0 amide bonds. The molecule has 0 radical (unpaired) electrons. The lowest BCUT2D eigenvalue weighted by Gasteiger charge is -2.45. The zero-order valence-corrected chi connectivity index (χ0v) is 16.9. The standard InChI is InChI=1S/C21H27N5O3/c1-3-29-21-23-14(2)19(26(27)28)20(24-21)22-12-15-4-6-16(7-5-15)18-13-25-10-8-17(18)9-11-25/h4-7,17-18H,3,8-13H2,1-2H3,(H,22,23,24). The van der Waals surface area contributed by atoms with Crippen LogP contribution in [0.4, 0.5) is 11.5 Å². The molecular weight excluding hydrogens is 370 g/mol. The first-order valence-electron chi connectivity index (χ1n) is 10.3. The van der Waals surface area contributed by atoms with Crippen molar-refractivity contribution >= 4 is 11.5 Å². The molecule has 1 N–H and O–H groups in total. The zero-order valence-electron chi connectivity index (χ0n) is 16.9. The Morgan fingerprint density at radius 3 is 2.55 bits per heavy atom. The summed E-state index contributed by atoms with van der Waals surface area (Å²) >= 11 is 0. The van der Waals surface area contributed by atoms with Gasteiger partial charge >= 0.3 is 11.7 Å². The third-order valence-electron chi connectivity index (χ3n) is 6.02. The molecule has 0 saturated carbocycles. The minimum Gasteiger partial charge on any atom is -0.464 e. The molecule has 1 unspecified atom stereocenters. The lowest BCUT2D eigenvalue weighted by molar-refractivity contribution is -0.385. The van der Waals surface area contributed by atoms with Gasteiger partial charge < -0.3 is 15.0 Å². The molecule has 29 heavy (non-hydrogen) atoms. The van der Waals surface area contributed by atoms with Crippen molar-refractivity contribution in [2.75, 3.05) is 31.6 Å². The van der Waals surface area contributed by atoms with Gasteiger partial charge in [-0.1, -0.05) is 24.3 Å². The van der Waals surface area contributed by atoms with E-state index in [4.69, 9.17) is 4.74 Å². The Kier molecular flexibility index (Phi) is 5.62. The summed E-state index contributed by atoms with van der Waals surface area (Å²) in [6.07, 6.45) is 2.60. The second-order valence-corrected chi connectivity index (χ2v) is 7.82. The lowest BCUT2D eigenvalue weighted by Crippen LogP contribution is -2.46. The SMILES string of the molecule is CCOc1nc(C)c([N+](=O)[O-])c(NCc2ccc(C3CN4CCC3CC4)cc2)n1. The average Bonchev–Trinajstić information content (AvgIpc) is 2.73. The van der Waals surface area contributed by atoms with Gasteiger partial charge in [-0.25, -0.2) is 0 Å². The molecule has 4 heterocycles. The number of rotatable bonds is 7. The molecule has 8 nitrogen and oxygen atoms in total. The van der Waals surface area contributed by atoms with Crippen LogP contribution in [0.15, 0.2) is 24.3 Å². The fourth-order valence-electron chi connectivity index (χ4n) is 4.49. The summed E-state index contributed by atoms with van der Waals surface area (Å²) in [7, 11) is 0. The van der Waals surface area contributed by atoms with Gasteiger partial charge in [0.15, 0.2) is 0 Å². The van der Waals surface area contributed by atoms with Crippen molar-refractivity contribution in [2.24, 2.45) is 5.92 Å². The minimum atomic E-state index is -0.454. The van der Waals surface area contributed by atoms with Crippen molar-refractivity contribution < 1.29 is 9.66 Å². The van der Waals surface area contributed by atoms with E-state index in [2.05, 4.69) is 44.5 Å². The van der Waals surface area contributed by atoms with Crippen molar-refractivity contribution in [2.45, 2.75) is 39.2 Å². The fraction of sp³-hybridized carbons (Fsp3) is 0.524. The summed E-state index contributed by atoms with van der Waals surface area (Å²) in [4.78, 5) is 21.8. The number of piperidine rings is 3. The number of fused-ring (bicyclic) bond motifs is 3. The molecule has 8 heteroatoms. The van der Waals surface area contributed by atoms with Crippen molar-refractivity contribution in [3.05, 3.63) is 51.2 Å². The minimum absolute atomic E-state index is 0.114. The van der Waals surface area contributed by atoms with Gasteiger partial charge in [0, 0.05) is 13.1 Å². The zero-order chi connectivity index (χ0) is 20.4. The monoisotopic (exact) mass is 397 g/mol. The van der Waals surface area contributed by atoms with Gasteiger partial charge in [-0.2, -0.15) is 9.97 Å². The van der Waals surface area contributed by atoms with Gasteiger partial charge in [0.05, 0.1) is 11.5 Å². The Labute approximate surface area is 170 Å². The molecule has 2 bridgehead atoms. The van der Waals surface area contributed by atoms with Crippen LogP contribution in [-0.2, 0) is 6.54 Å². The molecule has 3 saturated heterocycles. The number of nitrogens with one attached hydrogen (secondary N) is 1. The van der Waals surface area contributed by atoms with Crippen LogP contribution in [0.25, 0.3) is 0 Å². The maximum Gasteiger partial charge on any atom is 0.332 e. The highest BCUT2D eigenvalue weighted by Gasteiger charge is 2.34. The van der Waals surface area contributed by atoms with Crippen molar-refractivity contribution in [1.29, 1.82) is 0 Å². The molecule has 0 aliphatic carbocycles. The number of hydrogen-bond acceptors (Lipinski definition) is 7. The van der Waals surface area contributed by atoms with Crippen LogP contribution in [-0.4, -0.2) is 46.0 Å². The highest BCUT2D eigenvalue weighted by atomic mass is 16.6. The number of ether oxygens (including phenoxy) is 1. The molecule has 2 aromatic rings. The molecule has 1 atom stereocenters. The van der Waals surface area contributed by atoms with Crippen molar-refractivity contribution in [3.8, 4) is 6.01 Å². The largest absolute Gasteiger partial charge is 0.464 e. The van der Waals surface area contributed by atoms with E-state index in [9.17, 15) is 10.1 Å². The van der Waals surface area contributed by atoms with Crippen LogP contribution in [0.3, 0.4) is 0 Å². The van der Waals surface area contributed by atoms with Crippen LogP contribution >= 0.6 is 0 Å². The second-order valence-electron chi connectivity index (χ2n) is 7.82. The number of anilines is 1. The van der Waals surface area contributed by atoms with E-state index < -0.39 is 4.92 Å². The predicted molar refractivity (Wildman–Crippen MR) is 110 cm³/mol. The first-order valence-corrected chi connectivity index (χ1v) is 10.3. The molecule has 1 aromatic heterocycles. The van der Waals surface area contributed by atoms with Crippen LogP contribution in [0.2, 0.25) is 0 Å². The summed E-state index contributed by atoms with van der Waals surface area (Å²) in [6, 6.07) is 8.76. The quantitative estimate of drug-likeness (QED) is 0.564. The number of aromatic nitrogens is 2. The van der Waals surface area contributed by atoms with E-state index in [1.165, 1.54) is 31.5 Å². The molecule has 5 rings (SSSR count). The maximum absolute atomic E-state index is 11.4. The first-order chi connectivity index (χ1) is 14.0. The first kappa shape index (κ1) is 19.6. The van der Waals surface area contributed by atoms with E-state index in [0.29, 0.717) is 19.1 Å². The third-order valence-corrected chi connectivity index (χ3v) is 6.02. The van der Waals surface area contributed by atoms with Crippen LogP contribution in [0.5, 0.6) is 6.01 Å². The summed E-state index contributed by atoms with van der Waals surface area (Å²) in [5.41, 5.74) is 2.62. The van der Waals surface area contributed by atoms with Crippen LogP contribution in [0, 0.1) is 23.0 Å². The van der Waals surface area contributed by atoms with E-state index in [1.54, 1.807) is 6.92 Å². The molecule has 3 aliphatic heterocycles. The number of nitro groups is 1. The molecule has 3 aliphatic rings. The highest BCUT2D eigenvalue weighted by Crippen LogP contribution is 2.39. The van der Waals surface area contributed by atoms with E-state index >= 15 is 0 Å². The van der Waals surface area contributed by atoms with E-state index in [-0.39, 0.29) is 23.2 Å². The second kappa shape index (κ2) is 8.32. The van der Waals surface area contributed by atoms with Crippen molar-refractivity contribution in [1.82, 2.24) is 14.9 Å².